The highest BCUT2D eigenvalue weighted by Gasteiger charge is 2.32. The van der Waals surface area contributed by atoms with Crippen LogP contribution in [0.3, 0.4) is 0 Å². The van der Waals surface area contributed by atoms with Crippen molar-refractivity contribution >= 4 is 21.9 Å². The molecule has 0 aliphatic rings. The third-order valence-electron chi connectivity index (χ3n) is 4.50. The molecule has 0 saturated heterocycles. The molecule has 1 aromatic rings. The van der Waals surface area contributed by atoms with E-state index in [1.807, 2.05) is 6.92 Å². The van der Waals surface area contributed by atoms with Gasteiger partial charge in [-0.05, 0) is 44.0 Å². The lowest BCUT2D eigenvalue weighted by Gasteiger charge is -2.23. The molecular weight excluding hydrogens is 434 g/mol. The van der Waals surface area contributed by atoms with Gasteiger partial charge in [0.15, 0.2) is 0 Å². The topological polar surface area (TPSA) is 111 Å². The molecule has 0 bridgehead atoms. The first-order chi connectivity index (χ1) is 14.4. The lowest BCUT2D eigenvalue weighted by molar-refractivity contribution is -0.145. The van der Waals surface area contributed by atoms with E-state index in [1.54, 1.807) is 0 Å². The number of amides is 1. The van der Waals surface area contributed by atoms with Crippen LogP contribution in [0.5, 0.6) is 5.75 Å². The fraction of sp³-hybridized carbons (Fsp3) is 0.600. The van der Waals surface area contributed by atoms with Gasteiger partial charge in [-0.2, -0.15) is 4.72 Å². The second kappa shape index (κ2) is 11.9. The minimum Gasteiger partial charge on any atom is -0.497 e. The fourth-order valence-corrected chi connectivity index (χ4v) is 3.95. The molecule has 11 heteroatoms. The highest BCUT2D eigenvalue weighted by molar-refractivity contribution is 7.89. The lowest BCUT2D eigenvalue weighted by Crippen LogP contribution is -2.52. The number of carbonyl (C=O) groups excluding carboxylic acids is 2. The molecule has 2 atom stereocenters. The van der Waals surface area contributed by atoms with E-state index in [0.29, 0.717) is 19.1 Å². The molecule has 2 N–H and O–H groups in total. The van der Waals surface area contributed by atoms with E-state index in [4.69, 9.17) is 4.74 Å². The van der Waals surface area contributed by atoms with Crippen molar-refractivity contribution in [1.82, 2.24) is 10.0 Å². The number of nitrogens with one attached hydrogen (secondary N) is 2. The summed E-state index contributed by atoms with van der Waals surface area (Å²) in [6.07, 6.45) is 0.436. The van der Waals surface area contributed by atoms with Crippen molar-refractivity contribution < 1.29 is 36.3 Å². The fourth-order valence-electron chi connectivity index (χ4n) is 2.72. The zero-order chi connectivity index (χ0) is 23.7. The van der Waals surface area contributed by atoms with Gasteiger partial charge in [-0.15, -0.1) is 0 Å². The van der Waals surface area contributed by atoms with E-state index in [0.717, 1.165) is 13.5 Å². The Labute approximate surface area is 181 Å². The Morgan fingerprint density at radius 2 is 1.71 bits per heavy atom. The number of unbranched alkanes of at least 4 members (excludes halogenated alkanes) is 1. The summed E-state index contributed by atoms with van der Waals surface area (Å²) < 4.78 is 64.0. The minimum atomic E-state index is -4.20. The van der Waals surface area contributed by atoms with E-state index in [9.17, 15) is 26.8 Å². The summed E-state index contributed by atoms with van der Waals surface area (Å²) in [7, 11) is -1.62. The largest absolute Gasteiger partial charge is 0.497 e. The van der Waals surface area contributed by atoms with Crippen LogP contribution in [-0.2, 0) is 24.3 Å². The summed E-state index contributed by atoms with van der Waals surface area (Å²) in [5.41, 5.74) is 0. The summed E-state index contributed by atoms with van der Waals surface area (Å²) >= 11 is 0. The minimum absolute atomic E-state index is 0.162. The van der Waals surface area contributed by atoms with E-state index in [1.165, 1.54) is 31.4 Å². The predicted molar refractivity (Wildman–Crippen MR) is 110 cm³/mol. The Hall–Kier alpha value is -2.27. The molecule has 0 spiro atoms. The van der Waals surface area contributed by atoms with Crippen molar-refractivity contribution in [1.29, 1.82) is 0 Å². The highest BCUT2D eigenvalue weighted by Crippen LogP contribution is 2.21. The van der Waals surface area contributed by atoms with Crippen LogP contribution < -0.4 is 14.8 Å². The molecule has 0 aliphatic carbocycles. The molecule has 8 nitrogen and oxygen atoms in total. The van der Waals surface area contributed by atoms with Crippen molar-refractivity contribution in [3.05, 3.63) is 24.3 Å². The Morgan fingerprint density at radius 1 is 1.10 bits per heavy atom. The van der Waals surface area contributed by atoms with Crippen LogP contribution in [0.4, 0.5) is 8.78 Å². The number of benzene rings is 1. The third kappa shape index (κ3) is 9.18. The first-order valence-electron chi connectivity index (χ1n) is 9.86. The summed E-state index contributed by atoms with van der Waals surface area (Å²) in [5.74, 6) is -4.25. The predicted octanol–water partition coefficient (Wildman–Crippen LogP) is 2.63. The van der Waals surface area contributed by atoms with Gasteiger partial charge in [0.05, 0.1) is 19.1 Å². The van der Waals surface area contributed by atoms with Crippen molar-refractivity contribution in [3.63, 3.8) is 0 Å². The van der Waals surface area contributed by atoms with Gasteiger partial charge in [-0.25, -0.2) is 22.0 Å². The van der Waals surface area contributed by atoms with Crippen LogP contribution in [-0.4, -0.2) is 52.5 Å². The highest BCUT2D eigenvalue weighted by atomic mass is 32.2. The number of ether oxygens (including phenoxy) is 2. The maximum Gasteiger partial charge on any atom is 0.328 e. The zero-order valence-corrected chi connectivity index (χ0v) is 18.9. The normalized spacial score (nSPS) is 13.9. The van der Waals surface area contributed by atoms with E-state index < -0.39 is 52.7 Å². The van der Waals surface area contributed by atoms with Crippen LogP contribution in [0, 0.1) is 0 Å². The molecule has 1 amide bonds. The summed E-state index contributed by atoms with van der Waals surface area (Å²) in [5, 5.41) is 2.43. The number of halogens is 2. The molecule has 0 fully saturated rings. The number of rotatable bonds is 13. The van der Waals surface area contributed by atoms with Crippen LogP contribution >= 0.6 is 0 Å². The zero-order valence-electron chi connectivity index (χ0n) is 18.1. The monoisotopic (exact) mass is 464 g/mol. The van der Waals surface area contributed by atoms with Gasteiger partial charge in [0, 0.05) is 6.42 Å². The summed E-state index contributed by atoms with van der Waals surface area (Å²) in [6, 6.07) is 2.86. The number of hydrogen-bond donors (Lipinski definition) is 2. The van der Waals surface area contributed by atoms with Crippen LogP contribution in [0.15, 0.2) is 29.2 Å². The SMILES string of the molecule is CCCCC(NC(=O)C(CCC(C)(F)F)NS(=O)(=O)c1ccc(OC)cc1)C(=O)OC. The summed E-state index contributed by atoms with van der Waals surface area (Å²) in [6.45, 7) is 2.57. The first-order valence-corrected chi connectivity index (χ1v) is 11.3. The van der Waals surface area contributed by atoms with Gasteiger partial charge in [0.2, 0.25) is 21.9 Å². The quantitative estimate of drug-likeness (QED) is 0.434. The van der Waals surface area contributed by atoms with Gasteiger partial charge in [0.1, 0.15) is 17.8 Å². The van der Waals surface area contributed by atoms with Gasteiger partial charge in [0.25, 0.3) is 0 Å². The molecule has 0 radical (unpaired) electrons. The Bertz CT molecular complexity index is 825. The van der Waals surface area contributed by atoms with Crippen molar-refractivity contribution in [2.45, 2.75) is 68.9 Å². The number of carbonyl (C=O) groups is 2. The molecule has 1 aromatic carbocycles. The molecule has 31 heavy (non-hydrogen) atoms. The molecule has 2 unspecified atom stereocenters. The molecule has 1 rings (SSSR count). The smallest absolute Gasteiger partial charge is 0.328 e. The molecule has 0 aromatic heterocycles. The molecule has 176 valence electrons. The maximum atomic E-state index is 13.4. The number of sulfonamides is 1. The van der Waals surface area contributed by atoms with E-state index >= 15 is 0 Å². The van der Waals surface area contributed by atoms with E-state index in [2.05, 4.69) is 14.8 Å². The molecule has 0 aliphatic heterocycles. The lowest BCUT2D eigenvalue weighted by atomic mass is 10.1. The van der Waals surface area contributed by atoms with Gasteiger partial charge < -0.3 is 14.8 Å². The average Bonchev–Trinajstić information content (AvgIpc) is 2.72. The summed E-state index contributed by atoms with van der Waals surface area (Å²) in [4.78, 5) is 24.5. The maximum absolute atomic E-state index is 13.4. The third-order valence-corrected chi connectivity index (χ3v) is 5.99. The average molecular weight is 465 g/mol. The van der Waals surface area contributed by atoms with Gasteiger partial charge >= 0.3 is 5.97 Å². The molecular formula is C20H30F2N2O6S. The van der Waals surface area contributed by atoms with Crippen molar-refractivity contribution in [2.75, 3.05) is 14.2 Å². The molecule has 0 heterocycles. The number of esters is 1. The van der Waals surface area contributed by atoms with Crippen LogP contribution in [0.2, 0.25) is 0 Å². The Morgan fingerprint density at radius 3 is 2.19 bits per heavy atom. The second-order valence-corrected chi connectivity index (χ2v) is 8.90. The van der Waals surface area contributed by atoms with Crippen molar-refractivity contribution in [2.24, 2.45) is 0 Å². The second-order valence-electron chi connectivity index (χ2n) is 7.18. The first kappa shape index (κ1) is 26.8. The van der Waals surface area contributed by atoms with Gasteiger partial charge in [-0.1, -0.05) is 19.8 Å². The number of hydrogen-bond acceptors (Lipinski definition) is 6. The van der Waals surface area contributed by atoms with Crippen molar-refractivity contribution in [3.8, 4) is 5.75 Å². The molecule has 0 saturated carbocycles. The van der Waals surface area contributed by atoms with Crippen LogP contribution in [0.1, 0.15) is 46.0 Å². The standard InChI is InChI=1S/C20H30F2N2O6S/c1-5-6-7-17(19(26)30-4)23-18(25)16(12-13-20(2,21)22)24-31(27,28)15-10-8-14(29-3)9-11-15/h8-11,16-17,24H,5-7,12-13H2,1-4H3,(H,23,25). The van der Waals surface area contributed by atoms with Crippen LogP contribution in [0.25, 0.3) is 0 Å². The van der Waals surface area contributed by atoms with E-state index in [-0.39, 0.29) is 11.3 Å². The van der Waals surface area contributed by atoms with Gasteiger partial charge in [-0.3, -0.25) is 4.79 Å². The number of alkyl halides is 2. The number of methoxy groups -OCH3 is 2. The Balaban J connectivity index is 3.08. The Kier molecular flexibility index (Phi) is 10.3.